The van der Waals surface area contributed by atoms with Crippen molar-refractivity contribution in [2.24, 2.45) is 0 Å². The van der Waals surface area contributed by atoms with Gasteiger partial charge in [-0.05, 0) is 29.1 Å². The largest absolute Gasteiger partial charge is 0.380 e. The first-order valence-electron chi connectivity index (χ1n) is 6.38. The zero-order valence-electron chi connectivity index (χ0n) is 11.6. The first-order chi connectivity index (χ1) is 10.6. The van der Waals surface area contributed by atoms with Gasteiger partial charge in [0.15, 0.2) is 0 Å². The van der Waals surface area contributed by atoms with Crippen LogP contribution in [0, 0.1) is 0 Å². The van der Waals surface area contributed by atoms with Gasteiger partial charge in [0.05, 0.1) is 17.7 Å². The Kier molecular flexibility index (Phi) is 3.74. The van der Waals surface area contributed by atoms with E-state index < -0.39 is 17.8 Å². The lowest BCUT2D eigenvalue weighted by atomic mass is 10.1. The van der Waals surface area contributed by atoms with E-state index in [4.69, 9.17) is 9.57 Å². The van der Waals surface area contributed by atoms with E-state index in [1.165, 1.54) is 12.1 Å². The fourth-order valence-electron chi connectivity index (χ4n) is 2.10. The summed E-state index contributed by atoms with van der Waals surface area (Å²) in [6.07, 6.45) is 0. The van der Waals surface area contributed by atoms with Crippen LogP contribution in [0.5, 0.6) is 0 Å². The highest BCUT2D eigenvalue weighted by Crippen LogP contribution is 2.24. The predicted molar refractivity (Wildman–Crippen MR) is 77.4 cm³/mol. The fourth-order valence-corrected chi connectivity index (χ4v) is 2.87. The third kappa shape index (κ3) is 2.40. The summed E-state index contributed by atoms with van der Waals surface area (Å²) < 4.78 is 4.97. The summed E-state index contributed by atoms with van der Waals surface area (Å²) in [5.41, 5.74) is 1.28. The van der Waals surface area contributed by atoms with Crippen LogP contribution in [0.15, 0.2) is 35.7 Å². The molecule has 0 aliphatic carbocycles. The number of imide groups is 1. The molecular formula is C15H11NO5S. The Balaban J connectivity index is 1.77. The molecule has 2 amide bonds. The average molecular weight is 317 g/mol. The molecule has 0 fully saturated rings. The second-order valence-electron chi connectivity index (χ2n) is 4.58. The van der Waals surface area contributed by atoms with Crippen LogP contribution in [0.2, 0.25) is 0 Å². The third-order valence-corrected chi connectivity index (χ3v) is 4.06. The van der Waals surface area contributed by atoms with Gasteiger partial charge in [0.2, 0.25) is 0 Å². The van der Waals surface area contributed by atoms with Gasteiger partial charge in [0.1, 0.15) is 4.88 Å². The minimum absolute atomic E-state index is 0.228. The number of nitrogens with zero attached hydrogens (tertiary/aromatic N) is 1. The SMILES string of the molecule is COCc1csc(C(=O)ON2C(=O)c3ccccc3C2=O)c1. The molecule has 6 nitrogen and oxygen atoms in total. The van der Waals surface area contributed by atoms with Crippen molar-refractivity contribution in [1.29, 1.82) is 0 Å². The molecule has 1 aliphatic rings. The van der Waals surface area contributed by atoms with Crippen molar-refractivity contribution in [2.75, 3.05) is 7.11 Å². The molecule has 0 saturated carbocycles. The Labute approximate surface area is 129 Å². The Morgan fingerprint density at radius 2 is 1.82 bits per heavy atom. The molecule has 0 spiro atoms. The van der Waals surface area contributed by atoms with Gasteiger partial charge in [-0.2, -0.15) is 0 Å². The van der Waals surface area contributed by atoms with Crippen molar-refractivity contribution in [3.8, 4) is 0 Å². The molecule has 1 aromatic heterocycles. The molecule has 0 unspecified atom stereocenters. The molecule has 2 aromatic rings. The van der Waals surface area contributed by atoms with Crippen LogP contribution in [0.1, 0.15) is 36.0 Å². The van der Waals surface area contributed by atoms with Crippen molar-refractivity contribution >= 4 is 29.1 Å². The fraction of sp³-hybridized carbons (Fsp3) is 0.133. The molecule has 0 saturated heterocycles. The molecule has 0 N–H and O–H groups in total. The maximum atomic E-state index is 12.1. The molecular weight excluding hydrogens is 306 g/mol. The number of amides is 2. The summed E-state index contributed by atoms with van der Waals surface area (Å²) in [6.45, 7) is 0.372. The molecule has 1 aliphatic heterocycles. The Morgan fingerprint density at radius 3 is 2.41 bits per heavy atom. The molecule has 22 heavy (non-hydrogen) atoms. The summed E-state index contributed by atoms with van der Waals surface area (Å²) in [7, 11) is 1.55. The molecule has 0 bridgehead atoms. The lowest BCUT2D eigenvalue weighted by Crippen LogP contribution is -2.32. The maximum absolute atomic E-state index is 12.1. The highest BCUT2D eigenvalue weighted by Gasteiger charge is 2.38. The number of methoxy groups -OCH3 is 1. The number of thiophene rings is 1. The number of ether oxygens (including phenoxy) is 1. The number of benzene rings is 1. The highest BCUT2D eigenvalue weighted by atomic mass is 32.1. The van der Waals surface area contributed by atoms with Gasteiger partial charge >= 0.3 is 5.97 Å². The van der Waals surface area contributed by atoms with E-state index in [1.807, 2.05) is 0 Å². The number of hydrogen-bond donors (Lipinski definition) is 0. The Bertz CT molecular complexity index is 732. The first kappa shape index (κ1) is 14.4. The molecule has 0 radical (unpaired) electrons. The molecule has 7 heteroatoms. The van der Waals surface area contributed by atoms with Crippen LogP contribution in [-0.2, 0) is 16.2 Å². The van der Waals surface area contributed by atoms with Crippen LogP contribution >= 0.6 is 11.3 Å². The zero-order chi connectivity index (χ0) is 15.7. The van der Waals surface area contributed by atoms with Gasteiger partial charge in [-0.1, -0.05) is 17.2 Å². The standard InChI is InChI=1S/C15H11NO5S/c1-20-7-9-6-12(22-8-9)15(19)21-16-13(17)10-4-2-3-5-11(10)14(16)18/h2-6,8H,7H2,1H3. The van der Waals surface area contributed by atoms with Crippen molar-refractivity contribution in [3.05, 3.63) is 57.3 Å². The van der Waals surface area contributed by atoms with Gasteiger partial charge in [-0.15, -0.1) is 11.3 Å². The van der Waals surface area contributed by atoms with E-state index in [2.05, 4.69) is 0 Å². The summed E-state index contributed by atoms with van der Waals surface area (Å²) in [6, 6.07) is 7.93. The average Bonchev–Trinajstić information content (AvgIpc) is 3.08. The van der Waals surface area contributed by atoms with E-state index in [0.29, 0.717) is 16.5 Å². The molecule has 112 valence electrons. The van der Waals surface area contributed by atoms with E-state index in [-0.39, 0.29) is 11.1 Å². The topological polar surface area (TPSA) is 72.9 Å². The van der Waals surface area contributed by atoms with E-state index in [0.717, 1.165) is 16.9 Å². The number of fused-ring (bicyclic) bond motifs is 1. The van der Waals surface area contributed by atoms with Crippen LogP contribution in [0.4, 0.5) is 0 Å². The first-order valence-corrected chi connectivity index (χ1v) is 7.26. The second-order valence-corrected chi connectivity index (χ2v) is 5.49. The lowest BCUT2D eigenvalue weighted by Gasteiger charge is -2.11. The quantitative estimate of drug-likeness (QED) is 0.809. The van der Waals surface area contributed by atoms with Gasteiger partial charge in [-0.25, -0.2) is 4.79 Å². The Morgan fingerprint density at radius 1 is 1.18 bits per heavy atom. The van der Waals surface area contributed by atoms with Crippen molar-refractivity contribution in [1.82, 2.24) is 5.06 Å². The van der Waals surface area contributed by atoms with E-state index in [1.54, 1.807) is 30.7 Å². The molecule has 2 heterocycles. The van der Waals surface area contributed by atoms with Crippen LogP contribution in [-0.4, -0.2) is 30.0 Å². The number of rotatable bonds is 4. The monoisotopic (exact) mass is 317 g/mol. The van der Waals surface area contributed by atoms with Gasteiger partial charge < -0.3 is 9.57 Å². The molecule has 0 atom stereocenters. The van der Waals surface area contributed by atoms with Gasteiger partial charge in [0.25, 0.3) is 11.8 Å². The summed E-state index contributed by atoms with van der Waals surface area (Å²) in [5, 5.41) is 2.26. The maximum Gasteiger partial charge on any atom is 0.373 e. The summed E-state index contributed by atoms with van der Waals surface area (Å²) in [4.78, 5) is 41.5. The van der Waals surface area contributed by atoms with E-state index in [9.17, 15) is 14.4 Å². The predicted octanol–water partition coefficient (Wildman–Crippen LogP) is 2.26. The minimum atomic E-state index is -0.748. The number of hydrogen-bond acceptors (Lipinski definition) is 6. The van der Waals surface area contributed by atoms with Crippen LogP contribution in [0.3, 0.4) is 0 Å². The normalized spacial score (nSPS) is 13.4. The van der Waals surface area contributed by atoms with Crippen molar-refractivity contribution < 1.29 is 24.0 Å². The smallest absolute Gasteiger partial charge is 0.373 e. The number of hydroxylamine groups is 2. The van der Waals surface area contributed by atoms with E-state index >= 15 is 0 Å². The summed E-state index contributed by atoms with van der Waals surface area (Å²) in [5.74, 6) is -2.02. The molecule has 3 rings (SSSR count). The third-order valence-electron chi connectivity index (χ3n) is 3.10. The van der Waals surface area contributed by atoms with Crippen LogP contribution < -0.4 is 0 Å². The lowest BCUT2D eigenvalue weighted by molar-refractivity contribution is -0.0581. The Hall–Kier alpha value is -2.51. The second kappa shape index (κ2) is 5.70. The number of carbonyl (C=O) groups is 3. The highest BCUT2D eigenvalue weighted by molar-refractivity contribution is 7.12. The van der Waals surface area contributed by atoms with Gasteiger partial charge in [0, 0.05) is 7.11 Å². The minimum Gasteiger partial charge on any atom is -0.380 e. The van der Waals surface area contributed by atoms with Crippen molar-refractivity contribution in [3.63, 3.8) is 0 Å². The summed E-state index contributed by atoms with van der Waals surface area (Å²) >= 11 is 1.16. The van der Waals surface area contributed by atoms with Gasteiger partial charge in [-0.3, -0.25) is 9.59 Å². The zero-order valence-corrected chi connectivity index (χ0v) is 12.4. The van der Waals surface area contributed by atoms with Crippen molar-refractivity contribution in [2.45, 2.75) is 6.61 Å². The van der Waals surface area contributed by atoms with Crippen LogP contribution in [0.25, 0.3) is 0 Å². The molecule has 1 aromatic carbocycles. The number of carbonyl (C=O) groups excluding carboxylic acids is 3.